The molecule has 1 unspecified atom stereocenters. The first-order chi connectivity index (χ1) is 7.72. The number of rotatable bonds is 6. The normalized spacial score (nSPS) is 12.5. The second-order valence-electron chi connectivity index (χ2n) is 3.84. The van der Waals surface area contributed by atoms with Gasteiger partial charge in [0.25, 0.3) is 0 Å². The van der Waals surface area contributed by atoms with Crippen LogP contribution < -0.4 is 10.1 Å². The fourth-order valence-corrected chi connectivity index (χ4v) is 1.70. The molecule has 1 aromatic rings. The Kier molecular flexibility index (Phi) is 5.29. The molecule has 0 aromatic heterocycles. The highest BCUT2D eigenvalue weighted by Gasteiger charge is 2.13. The van der Waals surface area contributed by atoms with E-state index in [2.05, 4.69) is 12.2 Å². The molecule has 0 heterocycles. The van der Waals surface area contributed by atoms with E-state index < -0.39 is 6.10 Å². The van der Waals surface area contributed by atoms with Gasteiger partial charge in [-0.25, -0.2) is 0 Å². The van der Waals surface area contributed by atoms with E-state index >= 15 is 0 Å². The Labute approximate surface area is 97.4 Å². The van der Waals surface area contributed by atoms with E-state index in [1.54, 1.807) is 7.11 Å². The molecule has 0 aliphatic carbocycles. The molecule has 0 amide bonds. The largest absolute Gasteiger partial charge is 0.496 e. The van der Waals surface area contributed by atoms with Gasteiger partial charge in [0.15, 0.2) is 0 Å². The molecule has 1 aromatic carbocycles. The Morgan fingerprint density at radius 1 is 1.44 bits per heavy atom. The van der Waals surface area contributed by atoms with Gasteiger partial charge in [-0.15, -0.1) is 0 Å². The van der Waals surface area contributed by atoms with Crippen molar-refractivity contribution in [3.05, 3.63) is 29.3 Å². The quantitative estimate of drug-likeness (QED) is 0.774. The monoisotopic (exact) mass is 223 g/mol. The molecule has 0 aliphatic heterocycles. The molecule has 16 heavy (non-hydrogen) atoms. The number of methoxy groups -OCH3 is 1. The zero-order valence-electron chi connectivity index (χ0n) is 10.3. The van der Waals surface area contributed by atoms with Crippen LogP contribution in [0.4, 0.5) is 0 Å². The summed E-state index contributed by atoms with van der Waals surface area (Å²) in [7, 11) is 3.52. The highest BCUT2D eigenvalue weighted by molar-refractivity contribution is 5.38. The van der Waals surface area contributed by atoms with Crippen molar-refractivity contribution in [1.82, 2.24) is 5.32 Å². The van der Waals surface area contributed by atoms with Crippen molar-refractivity contribution in [3.8, 4) is 5.75 Å². The topological polar surface area (TPSA) is 41.5 Å². The molecule has 90 valence electrons. The van der Waals surface area contributed by atoms with Crippen LogP contribution in [-0.2, 0) is 6.42 Å². The molecule has 3 nitrogen and oxygen atoms in total. The number of hydrogen-bond donors (Lipinski definition) is 2. The molecule has 1 atom stereocenters. The fraction of sp³-hybridized carbons (Fsp3) is 0.538. The predicted octanol–water partition coefficient (Wildman–Crippen LogP) is 1.90. The number of hydrogen-bond acceptors (Lipinski definition) is 3. The van der Waals surface area contributed by atoms with Gasteiger partial charge in [0.1, 0.15) is 5.75 Å². The lowest BCUT2D eigenvalue weighted by Crippen LogP contribution is -2.12. The van der Waals surface area contributed by atoms with Crippen LogP contribution in [0.2, 0.25) is 0 Å². The average molecular weight is 223 g/mol. The van der Waals surface area contributed by atoms with Crippen molar-refractivity contribution in [2.45, 2.75) is 25.9 Å². The van der Waals surface area contributed by atoms with Gasteiger partial charge in [-0.05, 0) is 44.1 Å². The van der Waals surface area contributed by atoms with Crippen molar-refractivity contribution in [1.29, 1.82) is 0 Å². The van der Waals surface area contributed by atoms with Crippen LogP contribution in [0, 0.1) is 0 Å². The van der Waals surface area contributed by atoms with Crippen molar-refractivity contribution < 1.29 is 9.84 Å². The minimum Gasteiger partial charge on any atom is -0.496 e. The number of aliphatic hydroxyl groups excluding tert-OH is 1. The van der Waals surface area contributed by atoms with Crippen molar-refractivity contribution in [3.63, 3.8) is 0 Å². The molecule has 0 radical (unpaired) electrons. The van der Waals surface area contributed by atoms with Gasteiger partial charge in [-0.1, -0.05) is 13.0 Å². The maximum atomic E-state index is 10.1. The van der Waals surface area contributed by atoms with Crippen molar-refractivity contribution in [2.24, 2.45) is 0 Å². The minimum absolute atomic E-state index is 0.464. The Bertz CT molecular complexity index is 326. The summed E-state index contributed by atoms with van der Waals surface area (Å²) in [6.45, 7) is 2.90. The first-order valence-electron chi connectivity index (χ1n) is 5.72. The van der Waals surface area contributed by atoms with Gasteiger partial charge in [0.05, 0.1) is 13.2 Å². The van der Waals surface area contributed by atoms with Crippen LogP contribution in [-0.4, -0.2) is 25.8 Å². The Morgan fingerprint density at radius 2 is 2.19 bits per heavy atom. The highest BCUT2D eigenvalue weighted by atomic mass is 16.5. The predicted molar refractivity (Wildman–Crippen MR) is 65.9 cm³/mol. The number of ether oxygens (including phenoxy) is 1. The van der Waals surface area contributed by atoms with Gasteiger partial charge < -0.3 is 15.2 Å². The van der Waals surface area contributed by atoms with Crippen LogP contribution in [0.3, 0.4) is 0 Å². The standard InChI is InChI=1S/C13H21NO2/c1-4-10-5-6-13(16-3)11(9-10)12(15)7-8-14-2/h5-6,9,12,14-15H,4,7-8H2,1-3H3. The molecule has 0 saturated heterocycles. The maximum absolute atomic E-state index is 10.1. The van der Waals surface area contributed by atoms with Crippen molar-refractivity contribution in [2.75, 3.05) is 20.7 Å². The summed E-state index contributed by atoms with van der Waals surface area (Å²) in [5, 5.41) is 13.1. The van der Waals surface area contributed by atoms with Crippen LogP contribution in [0.25, 0.3) is 0 Å². The van der Waals surface area contributed by atoms with E-state index in [0.717, 1.165) is 24.3 Å². The van der Waals surface area contributed by atoms with Gasteiger partial charge >= 0.3 is 0 Å². The number of benzene rings is 1. The van der Waals surface area contributed by atoms with E-state index in [0.29, 0.717) is 6.42 Å². The van der Waals surface area contributed by atoms with Gasteiger partial charge in [-0.2, -0.15) is 0 Å². The molecule has 2 N–H and O–H groups in total. The molecule has 0 spiro atoms. The molecule has 0 fully saturated rings. The van der Waals surface area contributed by atoms with Gasteiger partial charge in [0.2, 0.25) is 0 Å². The van der Waals surface area contributed by atoms with Crippen LogP contribution >= 0.6 is 0 Å². The lowest BCUT2D eigenvalue weighted by molar-refractivity contribution is 0.163. The minimum atomic E-state index is -0.464. The summed E-state index contributed by atoms with van der Waals surface area (Å²) in [4.78, 5) is 0. The molecular weight excluding hydrogens is 202 g/mol. The first-order valence-corrected chi connectivity index (χ1v) is 5.72. The van der Waals surface area contributed by atoms with E-state index in [1.807, 2.05) is 25.2 Å². The Morgan fingerprint density at radius 3 is 2.75 bits per heavy atom. The van der Waals surface area contributed by atoms with E-state index in [9.17, 15) is 5.11 Å². The van der Waals surface area contributed by atoms with Crippen LogP contribution in [0.1, 0.15) is 30.6 Å². The summed E-state index contributed by atoms with van der Waals surface area (Å²) in [5.41, 5.74) is 2.11. The molecule has 0 aliphatic rings. The lowest BCUT2D eigenvalue weighted by atomic mass is 10.0. The second kappa shape index (κ2) is 6.51. The second-order valence-corrected chi connectivity index (χ2v) is 3.84. The van der Waals surface area contributed by atoms with E-state index in [-0.39, 0.29) is 0 Å². The third-order valence-corrected chi connectivity index (χ3v) is 2.73. The summed E-state index contributed by atoms with van der Waals surface area (Å²) in [5.74, 6) is 0.765. The molecule has 3 heteroatoms. The highest BCUT2D eigenvalue weighted by Crippen LogP contribution is 2.28. The number of aryl methyl sites for hydroxylation is 1. The smallest absolute Gasteiger partial charge is 0.124 e. The van der Waals surface area contributed by atoms with E-state index in [4.69, 9.17) is 4.74 Å². The number of aliphatic hydroxyl groups is 1. The van der Waals surface area contributed by atoms with Crippen LogP contribution in [0.15, 0.2) is 18.2 Å². The molecular formula is C13H21NO2. The summed E-state index contributed by atoms with van der Waals surface area (Å²) >= 11 is 0. The Hall–Kier alpha value is -1.06. The van der Waals surface area contributed by atoms with Crippen molar-refractivity contribution >= 4 is 0 Å². The van der Waals surface area contributed by atoms with Gasteiger partial charge in [-0.3, -0.25) is 0 Å². The molecule has 0 saturated carbocycles. The Balaban J connectivity index is 2.89. The average Bonchev–Trinajstić information content (AvgIpc) is 2.35. The first kappa shape index (κ1) is 13.0. The molecule has 0 bridgehead atoms. The SMILES string of the molecule is CCc1ccc(OC)c(C(O)CCNC)c1. The maximum Gasteiger partial charge on any atom is 0.124 e. The van der Waals surface area contributed by atoms with Crippen LogP contribution in [0.5, 0.6) is 5.75 Å². The third-order valence-electron chi connectivity index (χ3n) is 2.73. The van der Waals surface area contributed by atoms with E-state index in [1.165, 1.54) is 5.56 Å². The fourth-order valence-electron chi connectivity index (χ4n) is 1.70. The van der Waals surface area contributed by atoms with Gasteiger partial charge in [0, 0.05) is 5.56 Å². The molecule has 1 rings (SSSR count). The summed E-state index contributed by atoms with van der Waals surface area (Å²) in [6.07, 6.45) is 1.20. The lowest BCUT2D eigenvalue weighted by Gasteiger charge is -2.15. The zero-order chi connectivity index (χ0) is 12.0. The zero-order valence-corrected chi connectivity index (χ0v) is 10.3. The summed E-state index contributed by atoms with van der Waals surface area (Å²) in [6, 6.07) is 5.99. The third kappa shape index (κ3) is 3.22. The number of nitrogens with one attached hydrogen (secondary N) is 1. The summed E-state index contributed by atoms with van der Waals surface area (Å²) < 4.78 is 5.27.